The number of aromatic nitrogens is 2. The fourth-order valence-corrected chi connectivity index (χ4v) is 3.56. The lowest BCUT2D eigenvalue weighted by Crippen LogP contribution is -2.20. The highest BCUT2D eigenvalue weighted by Gasteiger charge is 2.22. The summed E-state index contributed by atoms with van der Waals surface area (Å²) in [5, 5.41) is 13.3. The molecule has 0 fully saturated rings. The summed E-state index contributed by atoms with van der Waals surface area (Å²) in [7, 11) is 0. The van der Waals surface area contributed by atoms with Crippen LogP contribution in [0.3, 0.4) is 0 Å². The lowest BCUT2D eigenvalue weighted by Gasteiger charge is -2.16. The molecular weight excluding hydrogens is 390 g/mol. The Morgan fingerprint density at radius 2 is 1.87 bits per heavy atom. The molecule has 0 unspecified atom stereocenters. The minimum atomic E-state index is -0.600. The highest BCUT2D eigenvalue weighted by Crippen LogP contribution is 2.39. The predicted octanol–water partition coefficient (Wildman–Crippen LogP) is 4.10. The lowest BCUT2D eigenvalue weighted by molar-refractivity contribution is -0.119. The summed E-state index contributed by atoms with van der Waals surface area (Å²) in [6.07, 6.45) is 1.90. The molecule has 7 nitrogen and oxygen atoms in total. The quantitative estimate of drug-likeness (QED) is 0.497. The van der Waals surface area contributed by atoms with E-state index in [-0.39, 0.29) is 6.61 Å². The van der Waals surface area contributed by atoms with Gasteiger partial charge in [0, 0.05) is 11.9 Å². The maximum atomic E-state index is 11.3. The summed E-state index contributed by atoms with van der Waals surface area (Å²) >= 11 is 0. The number of ether oxygens (including phenoxy) is 1. The van der Waals surface area contributed by atoms with Crippen molar-refractivity contribution in [2.24, 2.45) is 5.73 Å². The van der Waals surface area contributed by atoms with Crippen LogP contribution >= 0.6 is 0 Å². The van der Waals surface area contributed by atoms with Crippen molar-refractivity contribution >= 4 is 23.1 Å². The van der Waals surface area contributed by atoms with Crippen LogP contribution in [0.1, 0.15) is 16.7 Å². The van der Waals surface area contributed by atoms with E-state index < -0.39 is 5.91 Å². The van der Waals surface area contributed by atoms with E-state index in [1.165, 1.54) is 0 Å². The smallest absolute Gasteiger partial charge is 0.255 e. The van der Waals surface area contributed by atoms with Crippen molar-refractivity contribution in [3.05, 3.63) is 77.5 Å². The van der Waals surface area contributed by atoms with E-state index in [2.05, 4.69) is 11.4 Å². The van der Waals surface area contributed by atoms with Crippen molar-refractivity contribution in [3.63, 3.8) is 0 Å². The maximum absolute atomic E-state index is 11.3. The molecule has 3 N–H and O–H groups in total. The second kappa shape index (κ2) is 8.20. The number of carbonyl (C=O) groups excluding carboxylic acids is 1. The number of rotatable bonds is 6. The highest BCUT2D eigenvalue weighted by atomic mass is 16.5. The average Bonchev–Trinajstić information content (AvgIpc) is 3.12. The number of para-hydroxylation sites is 1. The van der Waals surface area contributed by atoms with Crippen molar-refractivity contribution in [2.45, 2.75) is 13.8 Å². The molecule has 0 bridgehead atoms. The zero-order chi connectivity index (χ0) is 22.0. The Hall–Kier alpha value is -4.31. The minimum Gasteiger partial charge on any atom is -0.483 e. The van der Waals surface area contributed by atoms with Crippen LogP contribution in [-0.2, 0) is 4.79 Å². The van der Waals surface area contributed by atoms with Crippen molar-refractivity contribution in [1.29, 1.82) is 5.26 Å². The Kier molecular flexibility index (Phi) is 5.29. The summed E-state index contributed by atoms with van der Waals surface area (Å²) < 4.78 is 7.57. The van der Waals surface area contributed by atoms with Crippen LogP contribution in [0.5, 0.6) is 5.75 Å². The first-order valence-corrected chi connectivity index (χ1v) is 9.74. The molecule has 0 saturated heterocycles. The second-order valence-electron chi connectivity index (χ2n) is 7.18. The molecule has 4 rings (SSSR count). The summed E-state index contributed by atoms with van der Waals surface area (Å²) in [5.41, 5.74) is 10.5. The number of carbonyl (C=O) groups is 1. The van der Waals surface area contributed by atoms with Gasteiger partial charge in [-0.15, -0.1) is 0 Å². The molecule has 0 aliphatic rings. The zero-order valence-electron chi connectivity index (χ0n) is 17.2. The molecule has 7 heteroatoms. The van der Waals surface area contributed by atoms with E-state index in [4.69, 9.17) is 15.5 Å². The van der Waals surface area contributed by atoms with Gasteiger partial charge in [0.15, 0.2) is 6.61 Å². The third-order valence-corrected chi connectivity index (χ3v) is 5.01. The number of nitrogens with zero attached hydrogens (tertiary/aromatic N) is 3. The van der Waals surface area contributed by atoms with Crippen LogP contribution in [-0.4, -0.2) is 21.9 Å². The van der Waals surface area contributed by atoms with Gasteiger partial charge in [-0.1, -0.05) is 30.3 Å². The summed E-state index contributed by atoms with van der Waals surface area (Å²) in [6.45, 7) is 3.76. The van der Waals surface area contributed by atoms with Crippen LogP contribution in [0.2, 0.25) is 0 Å². The van der Waals surface area contributed by atoms with E-state index in [1.54, 1.807) is 18.2 Å². The standard InChI is InChI=1S/C24H21N5O2/c1-15-7-5-8-16(2)22(15)28-24-23(27-20-11-3-4-12-29(20)24)21-17(13-25)9-6-10-18(21)31-14-19(26)30/h3-12,28H,14H2,1-2H3,(H2,26,30). The number of anilines is 2. The first kappa shape index (κ1) is 20.0. The summed E-state index contributed by atoms with van der Waals surface area (Å²) in [5.74, 6) is 0.461. The van der Waals surface area contributed by atoms with Gasteiger partial charge >= 0.3 is 0 Å². The molecule has 1 amide bonds. The molecule has 0 aliphatic heterocycles. The van der Waals surface area contributed by atoms with Gasteiger partial charge in [0.05, 0.1) is 17.2 Å². The highest BCUT2D eigenvalue weighted by molar-refractivity contribution is 5.87. The Morgan fingerprint density at radius 3 is 2.58 bits per heavy atom. The van der Waals surface area contributed by atoms with Crippen molar-refractivity contribution < 1.29 is 9.53 Å². The first-order valence-electron chi connectivity index (χ1n) is 9.74. The number of benzene rings is 2. The molecule has 2 aromatic carbocycles. The maximum Gasteiger partial charge on any atom is 0.255 e. The van der Waals surface area contributed by atoms with E-state index in [0.717, 1.165) is 16.8 Å². The lowest BCUT2D eigenvalue weighted by atomic mass is 10.0. The Balaban J connectivity index is 1.97. The van der Waals surface area contributed by atoms with Gasteiger partial charge in [0.1, 0.15) is 22.9 Å². The SMILES string of the molecule is Cc1cccc(C)c1Nc1c(-c2c(C#N)cccc2OCC(N)=O)nc2ccccn12. The van der Waals surface area contributed by atoms with Gasteiger partial charge in [0.25, 0.3) is 5.91 Å². The average molecular weight is 411 g/mol. The molecule has 0 saturated carbocycles. The number of nitrogens with one attached hydrogen (secondary N) is 1. The van der Waals surface area contributed by atoms with Crippen molar-refractivity contribution in [2.75, 3.05) is 11.9 Å². The number of aryl methyl sites for hydroxylation is 2. The largest absolute Gasteiger partial charge is 0.483 e. The fourth-order valence-electron chi connectivity index (χ4n) is 3.56. The van der Waals surface area contributed by atoms with Gasteiger partial charge in [-0.05, 0) is 49.2 Å². The number of nitrogens with two attached hydrogens (primary N) is 1. The van der Waals surface area contributed by atoms with E-state index in [9.17, 15) is 10.1 Å². The molecule has 0 radical (unpaired) electrons. The second-order valence-corrected chi connectivity index (χ2v) is 7.18. The number of amides is 1. The third-order valence-electron chi connectivity index (χ3n) is 5.01. The third kappa shape index (κ3) is 3.79. The van der Waals surface area contributed by atoms with Crippen LogP contribution in [0, 0.1) is 25.2 Å². The summed E-state index contributed by atoms with van der Waals surface area (Å²) in [4.78, 5) is 16.1. The molecule has 0 aliphatic carbocycles. The van der Waals surface area contributed by atoms with Crippen LogP contribution in [0.4, 0.5) is 11.5 Å². The van der Waals surface area contributed by atoms with Gasteiger partial charge in [-0.25, -0.2) is 4.98 Å². The minimum absolute atomic E-state index is 0.297. The number of hydrogen-bond acceptors (Lipinski definition) is 5. The number of pyridine rings is 1. The van der Waals surface area contributed by atoms with E-state index in [1.807, 2.05) is 60.8 Å². The molecule has 0 spiro atoms. The summed E-state index contributed by atoms with van der Waals surface area (Å²) in [6, 6.07) is 19.1. The number of hydrogen-bond donors (Lipinski definition) is 2. The van der Waals surface area contributed by atoms with Crippen molar-refractivity contribution in [3.8, 4) is 23.1 Å². The molecule has 31 heavy (non-hydrogen) atoms. The Morgan fingerprint density at radius 1 is 1.13 bits per heavy atom. The number of fused-ring (bicyclic) bond motifs is 1. The number of nitriles is 1. The van der Waals surface area contributed by atoms with Crippen LogP contribution < -0.4 is 15.8 Å². The topological polar surface area (TPSA) is 105 Å². The first-order chi connectivity index (χ1) is 15.0. The number of imidazole rings is 1. The number of primary amides is 1. The van der Waals surface area contributed by atoms with Gasteiger partial charge < -0.3 is 15.8 Å². The molecular formula is C24H21N5O2. The Labute approximate surface area is 179 Å². The monoisotopic (exact) mass is 411 g/mol. The van der Waals surface area contributed by atoms with Gasteiger partial charge in [-0.3, -0.25) is 9.20 Å². The van der Waals surface area contributed by atoms with E-state index in [0.29, 0.717) is 34.0 Å². The van der Waals surface area contributed by atoms with E-state index >= 15 is 0 Å². The van der Waals surface area contributed by atoms with Crippen molar-refractivity contribution in [1.82, 2.24) is 9.38 Å². The predicted molar refractivity (Wildman–Crippen MR) is 119 cm³/mol. The van der Waals surface area contributed by atoms with Gasteiger partial charge in [-0.2, -0.15) is 5.26 Å². The molecule has 2 aromatic heterocycles. The molecule has 0 atom stereocenters. The zero-order valence-corrected chi connectivity index (χ0v) is 17.2. The normalized spacial score (nSPS) is 10.6. The van der Waals surface area contributed by atoms with Crippen LogP contribution in [0.25, 0.3) is 16.9 Å². The molecule has 4 aromatic rings. The fraction of sp³-hybridized carbons (Fsp3) is 0.125. The molecule has 2 heterocycles. The Bertz CT molecular complexity index is 1310. The molecule has 154 valence electrons. The van der Waals surface area contributed by atoms with Crippen LogP contribution in [0.15, 0.2) is 60.8 Å². The van der Waals surface area contributed by atoms with Gasteiger partial charge in [0.2, 0.25) is 0 Å².